The Labute approximate surface area is 84.0 Å². The molecule has 1 aromatic rings. The summed E-state index contributed by atoms with van der Waals surface area (Å²) in [5.74, 6) is 1.11. The van der Waals surface area contributed by atoms with Crippen molar-refractivity contribution in [3.63, 3.8) is 0 Å². The summed E-state index contributed by atoms with van der Waals surface area (Å²) < 4.78 is 32.7. The highest BCUT2D eigenvalue weighted by Gasteiger charge is 1.98. The number of hydrogen-bond acceptors (Lipinski definition) is 5. The highest BCUT2D eigenvalue weighted by Crippen LogP contribution is 1.96. The van der Waals surface area contributed by atoms with Gasteiger partial charge in [0.05, 0.1) is 14.9 Å². The predicted octanol–water partition coefficient (Wildman–Crippen LogP) is -2.37. The minimum Gasteiger partial charge on any atom is -0.349 e. The average Bonchev–Trinajstić information content (AvgIpc) is 2.49. The van der Waals surface area contributed by atoms with Crippen molar-refractivity contribution in [2.45, 2.75) is 26.2 Å². The van der Waals surface area contributed by atoms with Crippen molar-refractivity contribution in [2.75, 3.05) is 0 Å². The van der Waals surface area contributed by atoms with Crippen molar-refractivity contribution in [1.29, 1.82) is 0 Å². The summed E-state index contributed by atoms with van der Waals surface area (Å²) in [5, 5.41) is 0. The van der Waals surface area contributed by atoms with Crippen molar-refractivity contribution < 1.29 is 28.9 Å². The number of aromatic amines is 1. The maximum absolute atomic E-state index is 8.60. The van der Waals surface area contributed by atoms with Gasteiger partial charge >= 0.3 is 0 Å². The van der Waals surface area contributed by atoms with Crippen LogP contribution < -0.4 is 14.0 Å². The minimum atomic E-state index is -4.69. The Bertz CT molecular complexity index is 216. The van der Waals surface area contributed by atoms with Crippen LogP contribution in [-0.2, 0) is 6.42 Å². The largest absolute Gasteiger partial charge is 0.349 e. The third kappa shape index (κ3) is 11.3. The highest BCUT2D eigenvalue weighted by molar-refractivity contribution is 4.86. The number of unbranched alkanes of at least 4 members (excludes halogenated alkanes) is 1. The third-order valence-corrected chi connectivity index (χ3v) is 1.32. The molecule has 0 fully saturated rings. The molecule has 1 rings (SSSR count). The molecule has 0 aliphatic rings. The van der Waals surface area contributed by atoms with Gasteiger partial charge in [-0.1, -0.05) is 13.3 Å². The molecular formula is C7H13ClN2O4. The first-order chi connectivity index (χ1) is 6.43. The maximum Gasteiger partial charge on any atom is 0.105 e. The zero-order valence-corrected chi connectivity index (χ0v) is 8.53. The van der Waals surface area contributed by atoms with E-state index in [2.05, 4.69) is 16.9 Å². The quantitative estimate of drug-likeness (QED) is 0.595. The minimum absolute atomic E-state index is 1.09. The number of aromatic nitrogens is 2. The molecule has 0 aromatic carbocycles. The van der Waals surface area contributed by atoms with E-state index in [4.69, 9.17) is 18.6 Å². The second kappa shape index (κ2) is 6.74. The van der Waals surface area contributed by atoms with Crippen LogP contribution in [0.3, 0.4) is 0 Å². The van der Waals surface area contributed by atoms with Gasteiger partial charge in [-0.3, -0.25) is 0 Å². The fourth-order valence-corrected chi connectivity index (χ4v) is 0.779. The summed E-state index contributed by atoms with van der Waals surface area (Å²) in [6, 6.07) is 0. The van der Waals surface area contributed by atoms with E-state index in [1.165, 1.54) is 12.8 Å². The van der Waals surface area contributed by atoms with Crippen LogP contribution in [-0.4, -0.2) is 14.6 Å². The number of H-pyrrole nitrogens is 1. The molecule has 7 heteroatoms. The van der Waals surface area contributed by atoms with E-state index in [9.17, 15) is 0 Å². The van der Waals surface area contributed by atoms with E-state index in [0.29, 0.717) is 0 Å². The Kier molecular flexibility index (Phi) is 6.43. The van der Waals surface area contributed by atoms with E-state index >= 15 is 0 Å². The fourth-order valence-electron chi connectivity index (χ4n) is 0.779. The van der Waals surface area contributed by atoms with Crippen molar-refractivity contribution in [3.05, 3.63) is 18.2 Å². The van der Waals surface area contributed by atoms with Crippen LogP contribution >= 0.6 is 0 Å². The van der Waals surface area contributed by atoms with E-state index in [1.807, 2.05) is 6.20 Å². The summed E-state index contributed by atoms with van der Waals surface area (Å²) in [7, 11) is -4.69. The lowest BCUT2D eigenvalue weighted by Crippen LogP contribution is -2.58. The second-order valence-corrected chi connectivity index (χ2v) is 3.33. The number of nitrogens with one attached hydrogen (secondary N) is 1. The molecule has 0 bridgehead atoms. The van der Waals surface area contributed by atoms with Crippen LogP contribution in [0.2, 0.25) is 0 Å². The van der Waals surface area contributed by atoms with Crippen molar-refractivity contribution >= 4 is 0 Å². The predicted molar refractivity (Wildman–Crippen MR) is 39.4 cm³/mol. The lowest BCUT2D eigenvalue weighted by molar-refractivity contribution is -1.92. The summed E-state index contributed by atoms with van der Waals surface area (Å²) in [6.45, 7) is 2.18. The fraction of sp³-hybridized carbons (Fsp3) is 0.571. The van der Waals surface area contributed by atoms with Crippen LogP contribution in [0, 0.1) is 10.2 Å². The van der Waals surface area contributed by atoms with Gasteiger partial charge in [0.1, 0.15) is 5.82 Å². The number of rotatable bonds is 3. The molecule has 2 N–H and O–H groups in total. The van der Waals surface area contributed by atoms with Crippen molar-refractivity contribution in [3.8, 4) is 0 Å². The van der Waals surface area contributed by atoms with Gasteiger partial charge in [-0.25, -0.2) is 4.98 Å². The van der Waals surface area contributed by atoms with Gasteiger partial charge in [-0.2, -0.15) is 14.0 Å². The van der Waals surface area contributed by atoms with Crippen LogP contribution in [0.25, 0.3) is 0 Å². The van der Waals surface area contributed by atoms with E-state index < -0.39 is 10.2 Å². The highest BCUT2D eigenvalue weighted by atomic mass is 35.7. The Hall–Kier alpha value is -0.660. The van der Waals surface area contributed by atoms with E-state index in [1.54, 1.807) is 6.20 Å². The first-order valence-corrected chi connectivity index (χ1v) is 5.31. The second-order valence-electron chi connectivity index (χ2n) is 2.54. The molecule has 0 amide bonds. The Morgan fingerprint density at radius 1 is 1.50 bits per heavy atom. The standard InChI is InChI=1S/C7H12N2.ClHO4/c1-2-3-4-7-8-5-6-9-7;2-1(3,4)5/h5-6H,2-4H2,1H3,(H,8,9);(H,2,3,4,5). The molecule has 0 radical (unpaired) electrons. The van der Waals surface area contributed by atoms with Crippen molar-refractivity contribution in [1.82, 2.24) is 9.97 Å². The summed E-state index contributed by atoms with van der Waals surface area (Å²) in [5.41, 5.74) is 0. The van der Waals surface area contributed by atoms with Gasteiger partial charge in [0.15, 0.2) is 0 Å². The van der Waals surface area contributed by atoms with Crippen LogP contribution in [0.15, 0.2) is 12.4 Å². The molecule has 0 unspecified atom stereocenters. The maximum atomic E-state index is 8.60. The molecule has 0 aliphatic heterocycles. The van der Waals surface area contributed by atoms with Crippen LogP contribution in [0.5, 0.6) is 0 Å². The normalized spacial score (nSPS) is 10.6. The SMILES string of the molecule is CCCCc1ncc[nH]1.[O-][Cl+3]([O-])([O-])O. The third-order valence-electron chi connectivity index (χ3n) is 1.32. The monoisotopic (exact) mass is 224 g/mol. The number of imidazole rings is 1. The number of nitrogens with zero attached hydrogens (tertiary/aromatic N) is 1. The summed E-state index contributed by atoms with van der Waals surface area (Å²) in [6.07, 6.45) is 7.22. The van der Waals surface area contributed by atoms with E-state index in [0.717, 1.165) is 12.2 Å². The van der Waals surface area contributed by atoms with E-state index in [-0.39, 0.29) is 0 Å². The summed E-state index contributed by atoms with van der Waals surface area (Å²) in [4.78, 5) is 7.16. The zero-order chi connectivity index (χ0) is 11.0. The average molecular weight is 225 g/mol. The van der Waals surface area contributed by atoms with Gasteiger partial charge in [0.25, 0.3) is 0 Å². The molecule has 82 valence electrons. The molecule has 1 aromatic heterocycles. The molecule has 14 heavy (non-hydrogen) atoms. The molecule has 6 nitrogen and oxygen atoms in total. The topological polar surface area (TPSA) is 118 Å². The molecule has 0 atom stereocenters. The van der Waals surface area contributed by atoms with Crippen LogP contribution in [0.4, 0.5) is 0 Å². The smallest absolute Gasteiger partial charge is 0.105 e. The first-order valence-electron chi connectivity index (χ1n) is 4.05. The number of aryl methyl sites for hydroxylation is 1. The van der Waals surface area contributed by atoms with Gasteiger partial charge < -0.3 is 4.98 Å². The Morgan fingerprint density at radius 2 is 2.07 bits per heavy atom. The summed E-state index contributed by atoms with van der Waals surface area (Å²) >= 11 is 0. The molecule has 1 heterocycles. The molecule has 0 spiro atoms. The first kappa shape index (κ1) is 13.3. The van der Waals surface area contributed by atoms with Gasteiger partial charge in [0.2, 0.25) is 0 Å². The zero-order valence-electron chi connectivity index (χ0n) is 7.77. The number of halogens is 1. The molecule has 0 aliphatic carbocycles. The molecule has 0 saturated carbocycles. The van der Waals surface area contributed by atoms with Gasteiger partial charge in [-0.05, 0) is 6.42 Å². The van der Waals surface area contributed by atoms with Gasteiger partial charge in [-0.15, -0.1) is 0 Å². The lowest BCUT2D eigenvalue weighted by Gasteiger charge is -2.03. The molecule has 0 saturated heterocycles. The van der Waals surface area contributed by atoms with Crippen LogP contribution in [0.1, 0.15) is 25.6 Å². The lowest BCUT2D eigenvalue weighted by atomic mass is 10.2. The molecular weight excluding hydrogens is 212 g/mol. The Balaban J connectivity index is 0.000000292. The van der Waals surface area contributed by atoms with Crippen molar-refractivity contribution in [2.24, 2.45) is 0 Å². The number of hydrogen-bond donors (Lipinski definition) is 2. The van der Waals surface area contributed by atoms with Gasteiger partial charge in [0, 0.05) is 18.8 Å². The Morgan fingerprint density at radius 3 is 2.43 bits per heavy atom.